The number of aryl methyl sites for hydroxylation is 1. The van der Waals surface area contributed by atoms with Gasteiger partial charge in [0.2, 0.25) is 0 Å². The molecule has 0 N–H and O–H groups in total. The first-order valence-corrected chi connectivity index (χ1v) is 6.47. The van der Waals surface area contributed by atoms with Crippen LogP contribution >= 0.6 is 0 Å². The van der Waals surface area contributed by atoms with Gasteiger partial charge in [-0.25, -0.2) is 0 Å². The number of hydrogen-bond donors (Lipinski definition) is 0. The fraction of sp³-hybridized carbons (Fsp3) is 0.600. The minimum Gasteiger partial charge on any atom is -0.302 e. The van der Waals surface area contributed by atoms with E-state index in [1.54, 1.807) is 0 Å². The van der Waals surface area contributed by atoms with Crippen LogP contribution in [0, 0.1) is 6.92 Å². The van der Waals surface area contributed by atoms with Crippen molar-refractivity contribution in [3.8, 4) is 0 Å². The van der Waals surface area contributed by atoms with Crippen LogP contribution in [0.1, 0.15) is 44.7 Å². The highest BCUT2D eigenvalue weighted by Crippen LogP contribution is 2.09. The molecule has 16 heavy (non-hydrogen) atoms. The third-order valence-electron chi connectivity index (χ3n) is 2.59. The molecule has 0 aliphatic heterocycles. The Hall–Kier alpha value is -0.820. The molecule has 0 bridgehead atoms. The van der Waals surface area contributed by atoms with E-state index in [0.717, 1.165) is 6.54 Å². The Bertz CT molecular complexity index is 268. The first-order chi connectivity index (χ1) is 7.74. The van der Waals surface area contributed by atoms with E-state index in [-0.39, 0.29) is 0 Å². The lowest BCUT2D eigenvalue weighted by Crippen LogP contribution is -2.19. The summed E-state index contributed by atoms with van der Waals surface area (Å²) in [6.07, 6.45) is 2.57. The fourth-order valence-corrected chi connectivity index (χ4v) is 1.59. The molecule has 1 aromatic carbocycles. The summed E-state index contributed by atoms with van der Waals surface area (Å²) in [5.74, 6) is 0. The lowest BCUT2D eigenvalue weighted by Gasteiger charge is -2.17. The van der Waals surface area contributed by atoms with E-state index in [2.05, 4.69) is 50.1 Å². The highest BCUT2D eigenvalue weighted by molar-refractivity contribution is 5.25. The maximum Gasteiger partial charge on any atom is 0.0233 e. The van der Waals surface area contributed by atoms with Crippen molar-refractivity contribution in [1.82, 2.24) is 4.90 Å². The molecule has 0 saturated heterocycles. The maximum absolute atomic E-state index is 2.39. The third-order valence-corrected chi connectivity index (χ3v) is 2.59. The molecular weight excluding hydrogens is 194 g/mol. The van der Waals surface area contributed by atoms with Crippen molar-refractivity contribution in [3.63, 3.8) is 0 Å². The van der Waals surface area contributed by atoms with Gasteiger partial charge in [0, 0.05) is 6.54 Å². The van der Waals surface area contributed by atoms with Gasteiger partial charge in [-0.3, -0.25) is 0 Å². The average Bonchev–Trinajstić information content (AvgIpc) is 2.32. The van der Waals surface area contributed by atoms with Crippen LogP contribution < -0.4 is 0 Å². The van der Waals surface area contributed by atoms with Gasteiger partial charge in [-0.15, -0.1) is 0 Å². The number of unbranched alkanes of at least 4 members (excludes halogenated alkanes) is 1. The van der Waals surface area contributed by atoms with E-state index in [4.69, 9.17) is 0 Å². The van der Waals surface area contributed by atoms with E-state index in [1.165, 1.54) is 30.5 Å². The second-order valence-corrected chi connectivity index (χ2v) is 4.02. The molecule has 0 aliphatic carbocycles. The molecular formula is C15H27N. The maximum atomic E-state index is 2.39. The summed E-state index contributed by atoms with van der Waals surface area (Å²) in [5, 5.41) is 0. The molecule has 0 radical (unpaired) electrons. The molecule has 0 aromatic heterocycles. The Morgan fingerprint density at radius 1 is 1.12 bits per heavy atom. The first-order valence-electron chi connectivity index (χ1n) is 6.47. The standard InChI is InChI=1S/C13H21N.C2H6/c1-4-5-10-14(3)11-13-9-7-6-8-12(13)2;1-2/h6-9H,4-5,10-11H2,1-3H3;1-2H3. The number of rotatable bonds is 5. The summed E-state index contributed by atoms with van der Waals surface area (Å²) in [4.78, 5) is 2.39. The lowest BCUT2D eigenvalue weighted by molar-refractivity contribution is 0.320. The monoisotopic (exact) mass is 221 g/mol. The van der Waals surface area contributed by atoms with E-state index >= 15 is 0 Å². The zero-order valence-electron chi connectivity index (χ0n) is 11.6. The summed E-state index contributed by atoms with van der Waals surface area (Å²) in [6, 6.07) is 8.63. The van der Waals surface area contributed by atoms with Gasteiger partial charge in [0.25, 0.3) is 0 Å². The molecule has 0 fully saturated rings. The van der Waals surface area contributed by atoms with E-state index in [0.29, 0.717) is 0 Å². The van der Waals surface area contributed by atoms with Gasteiger partial charge >= 0.3 is 0 Å². The van der Waals surface area contributed by atoms with Crippen molar-refractivity contribution in [1.29, 1.82) is 0 Å². The molecule has 0 aliphatic rings. The topological polar surface area (TPSA) is 3.24 Å². The summed E-state index contributed by atoms with van der Waals surface area (Å²) in [5.41, 5.74) is 2.85. The summed E-state index contributed by atoms with van der Waals surface area (Å²) in [7, 11) is 2.20. The zero-order chi connectivity index (χ0) is 12.4. The van der Waals surface area contributed by atoms with Gasteiger partial charge in [-0.05, 0) is 38.1 Å². The summed E-state index contributed by atoms with van der Waals surface area (Å²) >= 11 is 0. The Labute approximate surface area is 101 Å². The molecule has 1 aromatic rings. The van der Waals surface area contributed by atoms with Crippen LogP contribution in [0.4, 0.5) is 0 Å². The second-order valence-electron chi connectivity index (χ2n) is 4.02. The third kappa shape index (κ3) is 5.92. The first kappa shape index (κ1) is 15.2. The second kappa shape index (κ2) is 9.41. The van der Waals surface area contributed by atoms with E-state index < -0.39 is 0 Å². The molecule has 1 rings (SSSR count). The van der Waals surface area contributed by atoms with Crippen LogP contribution in [0.15, 0.2) is 24.3 Å². The largest absolute Gasteiger partial charge is 0.302 e. The molecule has 0 amide bonds. The van der Waals surface area contributed by atoms with Crippen LogP contribution in [0.25, 0.3) is 0 Å². The molecule has 0 heterocycles. The van der Waals surface area contributed by atoms with Crippen molar-refractivity contribution in [2.45, 2.75) is 47.1 Å². The minimum atomic E-state index is 1.08. The Balaban J connectivity index is 0.00000106. The average molecular weight is 221 g/mol. The van der Waals surface area contributed by atoms with Crippen LogP contribution in [0.3, 0.4) is 0 Å². The predicted molar refractivity (Wildman–Crippen MR) is 73.8 cm³/mol. The van der Waals surface area contributed by atoms with Crippen LogP contribution in [0.2, 0.25) is 0 Å². The zero-order valence-corrected chi connectivity index (χ0v) is 11.6. The van der Waals surface area contributed by atoms with E-state index in [1.807, 2.05) is 13.8 Å². The van der Waals surface area contributed by atoms with Crippen LogP contribution in [-0.2, 0) is 6.54 Å². The molecule has 0 unspecified atom stereocenters. The number of benzene rings is 1. The minimum absolute atomic E-state index is 1.08. The van der Waals surface area contributed by atoms with Crippen molar-refractivity contribution in [2.75, 3.05) is 13.6 Å². The van der Waals surface area contributed by atoms with Crippen LogP contribution in [0.5, 0.6) is 0 Å². The molecule has 1 heteroatoms. The van der Waals surface area contributed by atoms with Gasteiger partial charge in [0.1, 0.15) is 0 Å². The molecule has 92 valence electrons. The highest BCUT2D eigenvalue weighted by Gasteiger charge is 2.01. The van der Waals surface area contributed by atoms with Gasteiger partial charge in [0.15, 0.2) is 0 Å². The molecule has 0 atom stereocenters. The predicted octanol–water partition coefficient (Wildman–Crippen LogP) is 4.25. The van der Waals surface area contributed by atoms with Gasteiger partial charge in [0.05, 0.1) is 0 Å². The van der Waals surface area contributed by atoms with Gasteiger partial charge in [-0.2, -0.15) is 0 Å². The van der Waals surface area contributed by atoms with Crippen molar-refractivity contribution in [3.05, 3.63) is 35.4 Å². The van der Waals surface area contributed by atoms with Crippen LogP contribution in [-0.4, -0.2) is 18.5 Å². The fourth-order valence-electron chi connectivity index (χ4n) is 1.59. The van der Waals surface area contributed by atoms with Gasteiger partial charge in [-0.1, -0.05) is 51.5 Å². The number of nitrogens with zero attached hydrogens (tertiary/aromatic N) is 1. The van der Waals surface area contributed by atoms with E-state index in [9.17, 15) is 0 Å². The highest BCUT2D eigenvalue weighted by atomic mass is 15.1. The lowest BCUT2D eigenvalue weighted by atomic mass is 10.1. The van der Waals surface area contributed by atoms with Gasteiger partial charge < -0.3 is 4.90 Å². The molecule has 0 saturated carbocycles. The summed E-state index contributed by atoms with van der Waals surface area (Å²) in [6.45, 7) is 10.7. The Morgan fingerprint density at radius 2 is 1.75 bits per heavy atom. The summed E-state index contributed by atoms with van der Waals surface area (Å²) < 4.78 is 0. The Morgan fingerprint density at radius 3 is 2.31 bits per heavy atom. The molecule has 1 nitrogen and oxygen atoms in total. The Kier molecular flexibility index (Phi) is 8.93. The van der Waals surface area contributed by atoms with Crippen molar-refractivity contribution >= 4 is 0 Å². The van der Waals surface area contributed by atoms with Crippen molar-refractivity contribution < 1.29 is 0 Å². The SMILES string of the molecule is CC.CCCCN(C)Cc1ccccc1C. The molecule has 0 spiro atoms. The smallest absolute Gasteiger partial charge is 0.0233 e. The normalized spacial score (nSPS) is 9.88. The number of hydrogen-bond acceptors (Lipinski definition) is 1. The quantitative estimate of drug-likeness (QED) is 0.718. The van der Waals surface area contributed by atoms with Crippen molar-refractivity contribution in [2.24, 2.45) is 0 Å².